The van der Waals surface area contributed by atoms with Gasteiger partial charge in [-0.15, -0.1) is 0 Å². The number of nitrogens with one attached hydrogen (secondary N) is 6. The van der Waals surface area contributed by atoms with Gasteiger partial charge in [-0.2, -0.15) is 20.2 Å². The van der Waals surface area contributed by atoms with E-state index in [-0.39, 0.29) is 11.9 Å². The maximum atomic E-state index is 9.00. The van der Waals surface area contributed by atoms with Crippen LogP contribution in [-0.2, 0) is 0 Å². The molecule has 6 N–H and O–H groups in total. The van der Waals surface area contributed by atoms with Crippen LogP contribution in [0.4, 0.5) is 34.9 Å². The van der Waals surface area contributed by atoms with Gasteiger partial charge in [0, 0.05) is 48.0 Å². The van der Waals surface area contributed by atoms with Crippen LogP contribution in [-0.4, -0.2) is 95.2 Å². The first-order valence-corrected chi connectivity index (χ1v) is 18.6. The van der Waals surface area contributed by atoms with Crippen molar-refractivity contribution in [2.75, 3.05) is 81.0 Å². The third kappa shape index (κ3) is 16.8. The van der Waals surface area contributed by atoms with Crippen LogP contribution in [0.1, 0.15) is 24.2 Å². The first kappa shape index (κ1) is 44.1. The second-order valence-electron chi connectivity index (χ2n) is 12.2. The van der Waals surface area contributed by atoms with Gasteiger partial charge >= 0.3 is 0 Å². The number of aromatic nitrogens is 4. The largest absolute Gasteiger partial charge is 0.370 e. The van der Waals surface area contributed by atoms with E-state index in [0.717, 1.165) is 61.9 Å². The molecule has 4 aromatic rings. The van der Waals surface area contributed by atoms with E-state index >= 15 is 0 Å². The molecule has 0 amide bonds. The Balaban J connectivity index is 0.000000291. The summed E-state index contributed by atoms with van der Waals surface area (Å²) in [6.45, 7) is 7.37. The number of hydrogen-bond donors (Lipinski definition) is 6. The fourth-order valence-electron chi connectivity index (χ4n) is 4.42. The zero-order valence-corrected chi connectivity index (χ0v) is 34.7. The Hall–Kier alpha value is -4.27. The standard InChI is InChI=1S/C18H22Cl2N8.C17H22Cl2N6S/c1-12-9-16(22-7-4-8-28(2)3)26-18(24-12)27-17(23-11-21)25-13-5-6-14(19)15(20)10-13;1-11-9-15(20-7-4-8-25(2)3)23-16(21-11)24-17(26)22-12-5-6-13(18)14(19)10-12/h5-6,9-10H,4,7-8H2,1-3H3,(H3,22,23,24,25,26,27);5-6,9-10H,4,7-8H2,1-3H3,(H3,20,21,22,23,24,26). The third-order valence-electron chi connectivity index (χ3n) is 6.84. The second-order valence-corrected chi connectivity index (χ2v) is 14.3. The van der Waals surface area contributed by atoms with Crippen molar-refractivity contribution >= 4 is 105 Å². The molecule has 288 valence electrons. The lowest BCUT2D eigenvalue weighted by Gasteiger charge is -2.13. The van der Waals surface area contributed by atoms with Crippen LogP contribution < -0.4 is 31.9 Å². The van der Waals surface area contributed by atoms with Gasteiger partial charge in [-0.3, -0.25) is 5.32 Å². The molecule has 0 fully saturated rings. The van der Waals surface area contributed by atoms with Crippen molar-refractivity contribution in [3.8, 4) is 6.19 Å². The molecule has 0 bridgehead atoms. The molecule has 0 saturated carbocycles. The lowest BCUT2D eigenvalue weighted by Crippen LogP contribution is -2.26. The molecular formula is C35H44Cl4N14S. The van der Waals surface area contributed by atoms with Gasteiger partial charge in [0.15, 0.2) is 11.3 Å². The Morgan fingerprint density at radius 1 is 0.704 bits per heavy atom. The lowest BCUT2D eigenvalue weighted by atomic mass is 10.3. The Morgan fingerprint density at radius 3 is 1.74 bits per heavy atom. The average Bonchev–Trinajstić information content (AvgIpc) is 3.08. The van der Waals surface area contributed by atoms with Gasteiger partial charge < -0.3 is 36.4 Å². The van der Waals surface area contributed by atoms with E-state index in [4.69, 9.17) is 63.9 Å². The molecule has 0 aliphatic heterocycles. The van der Waals surface area contributed by atoms with Gasteiger partial charge in [0.2, 0.25) is 11.9 Å². The summed E-state index contributed by atoms with van der Waals surface area (Å²) < 4.78 is 0. The predicted octanol–water partition coefficient (Wildman–Crippen LogP) is 7.89. The molecule has 2 aromatic carbocycles. The molecule has 0 aliphatic rings. The van der Waals surface area contributed by atoms with Crippen molar-refractivity contribution in [1.29, 1.82) is 5.26 Å². The van der Waals surface area contributed by atoms with E-state index in [1.165, 1.54) is 0 Å². The van der Waals surface area contributed by atoms with Gasteiger partial charge in [0.25, 0.3) is 5.95 Å². The van der Waals surface area contributed by atoms with Crippen molar-refractivity contribution in [2.45, 2.75) is 26.7 Å². The summed E-state index contributed by atoms with van der Waals surface area (Å²) in [4.78, 5) is 26.1. The topological polar surface area (TPSA) is 166 Å². The highest BCUT2D eigenvalue weighted by atomic mass is 35.5. The molecule has 0 unspecified atom stereocenters. The summed E-state index contributed by atoms with van der Waals surface area (Å²) in [5, 5.41) is 29.2. The number of halogens is 4. The smallest absolute Gasteiger partial charge is 0.254 e. The third-order valence-corrected chi connectivity index (χ3v) is 8.53. The number of nitriles is 1. The van der Waals surface area contributed by atoms with Crippen molar-refractivity contribution in [3.05, 3.63) is 80.0 Å². The van der Waals surface area contributed by atoms with Gasteiger partial charge in [0.05, 0.1) is 20.1 Å². The summed E-state index contributed by atoms with van der Waals surface area (Å²) in [5.41, 5.74) is 2.95. The SMILES string of the molecule is Cc1cc(NCCCN(C)C)nc(N=C(NC#N)Nc2ccc(Cl)c(Cl)c2)n1.Cc1cc(NCCCN(C)C)nc(NC(=S)Nc2ccc(Cl)c(Cl)c2)n1. The molecular weight excluding hydrogens is 790 g/mol. The molecule has 0 spiro atoms. The summed E-state index contributed by atoms with van der Waals surface area (Å²) in [7, 11) is 8.18. The molecule has 2 heterocycles. The Morgan fingerprint density at radius 2 is 1.22 bits per heavy atom. The lowest BCUT2D eigenvalue weighted by molar-refractivity contribution is 0.405. The van der Waals surface area contributed by atoms with Gasteiger partial charge in [0.1, 0.15) is 11.6 Å². The number of anilines is 5. The Kier molecular flexibility index (Phi) is 18.7. The first-order valence-electron chi connectivity index (χ1n) is 16.7. The number of thiocarbonyl (C=S) groups is 1. The number of rotatable bonds is 14. The number of hydrogen-bond acceptors (Lipinski definition) is 11. The minimum Gasteiger partial charge on any atom is -0.370 e. The molecule has 0 saturated heterocycles. The molecule has 2 aromatic heterocycles. The van der Waals surface area contributed by atoms with E-state index in [9.17, 15) is 0 Å². The van der Waals surface area contributed by atoms with E-state index in [1.54, 1.807) is 36.4 Å². The van der Waals surface area contributed by atoms with Crippen molar-refractivity contribution in [1.82, 2.24) is 35.1 Å². The minimum absolute atomic E-state index is 0.171. The maximum Gasteiger partial charge on any atom is 0.254 e. The van der Waals surface area contributed by atoms with Crippen LogP contribution in [0.2, 0.25) is 20.1 Å². The summed E-state index contributed by atoms with van der Waals surface area (Å²) in [6.07, 6.45) is 3.84. The van der Waals surface area contributed by atoms with Crippen molar-refractivity contribution in [3.63, 3.8) is 0 Å². The number of benzene rings is 2. The van der Waals surface area contributed by atoms with Crippen LogP contribution >= 0.6 is 58.6 Å². The molecule has 4 rings (SSSR count). The van der Waals surface area contributed by atoms with Crippen LogP contribution in [0.3, 0.4) is 0 Å². The molecule has 0 atom stereocenters. The van der Waals surface area contributed by atoms with E-state index in [1.807, 2.05) is 46.3 Å². The minimum atomic E-state index is 0.171. The fraction of sp³-hybridized carbons (Fsp3) is 0.343. The van der Waals surface area contributed by atoms with Gasteiger partial charge in [-0.1, -0.05) is 46.4 Å². The predicted molar refractivity (Wildman–Crippen MR) is 229 cm³/mol. The zero-order chi connectivity index (χ0) is 39.6. The van der Waals surface area contributed by atoms with Gasteiger partial charge in [-0.25, -0.2) is 9.97 Å². The number of aliphatic imine (C=N–C) groups is 1. The van der Waals surface area contributed by atoms with Crippen molar-refractivity contribution in [2.24, 2.45) is 4.99 Å². The summed E-state index contributed by atoms with van der Waals surface area (Å²) in [6, 6.07) is 13.9. The fourth-order valence-corrected chi connectivity index (χ4v) is 5.23. The highest BCUT2D eigenvalue weighted by Gasteiger charge is 2.08. The quantitative estimate of drug-likeness (QED) is 0.0181. The number of nitrogens with zero attached hydrogens (tertiary/aromatic N) is 8. The molecule has 54 heavy (non-hydrogen) atoms. The second kappa shape index (κ2) is 22.8. The molecule has 0 aliphatic carbocycles. The van der Waals surface area contributed by atoms with Crippen molar-refractivity contribution < 1.29 is 0 Å². The average molecular weight is 835 g/mol. The zero-order valence-electron chi connectivity index (χ0n) is 30.9. The van der Waals surface area contributed by atoms with Crippen LogP contribution in [0.25, 0.3) is 0 Å². The van der Waals surface area contributed by atoms with E-state index in [2.05, 4.69) is 80.7 Å². The highest BCUT2D eigenvalue weighted by Crippen LogP contribution is 2.26. The number of aryl methyl sites for hydroxylation is 2. The normalized spacial score (nSPS) is 11.0. The van der Waals surface area contributed by atoms with E-state index < -0.39 is 0 Å². The molecule has 14 nitrogen and oxygen atoms in total. The van der Waals surface area contributed by atoms with Crippen LogP contribution in [0, 0.1) is 25.3 Å². The highest BCUT2D eigenvalue weighted by molar-refractivity contribution is 7.80. The molecule has 0 radical (unpaired) electrons. The van der Waals surface area contributed by atoms with Crippen LogP contribution in [0.15, 0.2) is 53.5 Å². The van der Waals surface area contributed by atoms with Crippen LogP contribution in [0.5, 0.6) is 0 Å². The van der Waals surface area contributed by atoms with Gasteiger partial charge in [-0.05, 0) is 117 Å². The maximum absolute atomic E-state index is 9.00. The van der Waals surface area contributed by atoms with E-state index in [0.29, 0.717) is 42.7 Å². The monoisotopic (exact) mass is 832 g/mol. The Labute approximate surface area is 342 Å². The molecule has 19 heteroatoms. The summed E-state index contributed by atoms with van der Waals surface area (Å²) >= 11 is 29.2. The summed E-state index contributed by atoms with van der Waals surface area (Å²) in [5.74, 6) is 2.26. The number of guanidine groups is 1. The first-order chi connectivity index (χ1) is 25.7. The Bertz CT molecular complexity index is 1920.